The van der Waals surface area contributed by atoms with Crippen molar-refractivity contribution in [1.82, 2.24) is 20.9 Å². The SMILES string of the molecule is CC(=O)NC(C)CNC(=O)[C@@H]1CCCN(C(=O)CCC2CCNCC2)C1. The van der Waals surface area contributed by atoms with Crippen LogP contribution in [0, 0.1) is 11.8 Å². The normalized spacial score (nSPS) is 22.5. The maximum Gasteiger partial charge on any atom is 0.224 e. The third kappa shape index (κ3) is 6.94. The second kappa shape index (κ2) is 10.5. The van der Waals surface area contributed by atoms with Gasteiger partial charge in [-0.25, -0.2) is 0 Å². The zero-order valence-corrected chi connectivity index (χ0v) is 16.2. The Balaban J connectivity index is 1.71. The summed E-state index contributed by atoms with van der Waals surface area (Å²) in [4.78, 5) is 37.8. The van der Waals surface area contributed by atoms with Gasteiger partial charge in [0.25, 0.3) is 0 Å². The molecular formula is C19H34N4O3. The molecule has 2 aliphatic rings. The first kappa shape index (κ1) is 20.7. The molecule has 0 aromatic rings. The van der Waals surface area contributed by atoms with Gasteiger partial charge in [-0.05, 0) is 58.0 Å². The van der Waals surface area contributed by atoms with Gasteiger partial charge >= 0.3 is 0 Å². The lowest BCUT2D eigenvalue weighted by Crippen LogP contribution is -2.48. The van der Waals surface area contributed by atoms with Gasteiger partial charge in [-0.2, -0.15) is 0 Å². The number of carbonyl (C=O) groups excluding carboxylic acids is 3. The van der Waals surface area contributed by atoms with Crippen molar-refractivity contribution in [3.8, 4) is 0 Å². The summed E-state index contributed by atoms with van der Waals surface area (Å²) in [5.74, 6) is 0.580. The van der Waals surface area contributed by atoms with Gasteiger partial charge in [0.1, 0.15) is 0 Å². The van der Waals surface area contributed by atoms with Gasteiger partial charge in [0.05, 0.1) is 5.92 Å². The molecule has 2 heterocycles. The lowest BCUT2D eigenvalue weighted by Gasteiger charge is -2.33. The summed E-state index contributed by atoms with van der Waals surface area (Å²) in [6.45, 7) is 7.14. The highest BCUT2D eigenvalue weighted by Crippen LogP contribution is 2.21. The predicted molar refractivity (Wildman–Crippen MR) is 100 cm³/mol. The first-order valence-corrected chi connectivity index (χ1v) is 9.99. The number of rotatable bonds is 7. The smallest absolute Gasteiger partial charge is 0.224 e. The van der Waals surface area contributed by atoms with Crippen molar-refractivity contribution in [3.05, 3.63) is 0 Å². The topological polar surface area (TPSA) is 90.5 Å². The second-order valence-electron chi connectivity index (χ2n) is 7.76. The van der Waals surface area contributed by atoms with Gasteiger partial charge in [0, 0.05) is 39.0 Å². The molecule has 2 fully saturated rings. The molecule has 2 aliphatic heterocycles. The van der Waals surface area contributed by atoms with Crippen molar-refractivity contribution in [2.75, 3.05) is 32.7 Å². The highest BCUT2D eigenvalue weighted by Gasteiger charge is 2.28. The van der Waals surface area contributed by atoms with Gasteiger partial charge in [-0.1, -0.05) is 0 Å². The van der Waals surface area contributed by atoms with Gasteiger partial charge in [0.2, 0.25) is 17.7 Å². The minimum atomic E-state index is -0.142. The summed E-state index contributed by atoms with van der Waals surface area (Å²) in [6, 6.07) is -0.0947. The molecule has 0 spiro atoms. The molecule has 148 valence electrons. The number of hydrogen-bond acceptors (Lipinski definition) is 4. The van der Waals surface area contributed by atoms with Crippen LogP contribution in [0.1, 0.15) is 52.4 Å². The molecule has 26 heavy (non-hydrogen) atoms. The molecule has 2 saturated heterocycles. The summed E-state index contributed by atoms with van der Waals surface area (Å²) in [5, 5.41) is 9.01. The summed E-state index contributed by atoms with van der Waals surface area (Å²) in [7, 11) is 0. The van der Waals surface area contributed by atoms with Crippen molar-refractivity contribution < 1.29 is 14.4 Å². The van der Waals surface area contributed by atoms with E-state index >= 15 is 0 Å². The zero-order valence-electron chi connectivity index (χ0n) is 16.2. The largest absolute Gasteiger partial charge is 0.354 e. The van der Waals surface area contributed by atoms with Gasteiger partial charge in [-0.3, -0.25) is 14.4 Å². The number of amides is 3. The van der Waals surface area contributed by atoms with Crippen LogP contribution >= 0.6 is 0 Å². The number of nitrogens with one attached hydrogen (secondary N) is 3. The van der Waals surface area contributed by atoms with Crippen LogP contribution in [-0.2, 0) is 14.4 Å². The van der Waals surface area contributed by atoms with Crippen LogP contribution in [0.25, 0.3) is 0 Å². The Kier molecular flexibility index (Phi) is 8.35. The Morgan fingerprint density at radius 2 is 1.92 bits per heavy atom. The lowest BCUT2D eigenvalue weighted by molar-refractivity contribution is -0.136. The molecule has 7 nitrogen and oxygen atoms in total. The lowest BCUT2D eigenvalue weighted by atomic mass is 9.92. The predicted octanol–water partition coefficient (Wildman–Crippen LogP) is 0.646. The fourth-order valence-corrected chi connectivity index (χ4v) is 3.87. The fraction of sp³-hybridized carbons (Fsp3) is 0.842. The second-order valence-corrected chi connectivity index (χ2v) is 7.76. The van der Waals surface area contributed by atoms with E-state index in [0.717, 1.165) is 51.7 Å². The van der Waals surface area contributed by atoms with Crippen LogP contribution in [0.5, 0.6) is 0 Å². The molecular weight excluding hydrogens is 332 g/mol. The Morgan fingerprint density at radius 3 is 2.62 bits per heavy atom. The molecule has 7 heteroatoms. The summed E-state index contributed by atoms with van der Waals surface area (Å²) in [6.07, 6.45) is 5.56. The van der Waals surface area contributed by atoms with Crippen LogP contribution in [0.2, 0.25) is 0 Å². The molecule has 2 atom stereocenters. The van der Waals surface area contributed by atoms with Crippen molar-refractivity contribution in [2.24, 2.45) is 11.8 Å². The number of nitrogens with zero attached hydrogens (tertiary/aromatic N) is 1. The molecule has 3 N–H and O–H groups in total. The quantitative estimate of drug-likeness (QED) is 0.617. The Labute approximate surface area is 156 Å². The van der Waals surface area contributed by atoms with Crippen molar-refractivity contribution in [1.29, 1.82) is 0 Å². The minimum absolute atomic E-state index is 0.0157. The van der Waals surface area contributed by atoms with Crippen LogP contribution < -0.4 is 16.0 Å². The zero-order chi connectivity index (χ0) is 18.9. The van der Waals surface area contributed by atoms with Crippen molar-refractivity contribution in [3.63, 3.8) is 0 Å². The molecule has 1 unspecified atom stereocenters. The summed E-state index contributed by atoms with van der Waals surface area (Å²) in [5.41, 5.74) is 0. The van der Waals surface area contributed by atoms with Crippen LogP contribution in [0.3, 0.4) is 0 Å². The van der Waals surface area contributed by atoms with Gasteiger partial charge in [-0.15, -0.1) is 0 Å². The van der Waals surface area contributed by atoms with E-state index in [-0.39, 0.29) is 29.7 Å². The summed E-state index contributed by atoms with van der Waals surface area (Å²) >= 11 is 0. The van der Waals surface area contributed by atoms with E-state index in [1.54, 1.807) is 0 Å². The van der Waals surface area contributed by atoms with Gasteiger partial charge < -0.3 is 20.9 Å². The van der Waals surface area contributed by atoms with Crippen LogP contribution in [-0.4, -0.2) is 61.4 Å². The molecule has 3 amide bonds. The van der Waals surface area contributed by atoms with Gasteiger partial charge in [0.15, 0.2) is 0 Å². The summed E-state index contributed by atoms with van der Waals surface area (Å²) < 4.78 is 0. The first-order chi connectivity index (χ1) is 12.5. The maximum atomic E-state index is 12.5. The number of likely N-dealkylation sites (tertiary alicyclic amines) is 1. The monoisotopic (exact) mass is 366 g/mol. The minimum Gasteiger partial charge on any atom is -0.354 e. The molecule has 0 bridgehead atoms. The number of piperidine rings is 2. The Hall–Kier alpha value is -1.63. The standard InChI is InChI=1S/C19H34N4O3/c1-14(22-15(2)24)12-21-19(26)17-4-3-11-23(13-17)18(25)6-5-16-7-9-20-10-8-16/h14,16-17,20H,3-13H2,1-2H3,(H,21,26)(H,22,24)/t14?,17-/m1/s1. The average molecular weight is 367 g/mol. The van der Waals surface area contributed by atoms with E-state index in [1.165, 1.54) is 6.92 Å². The maximum absolute atomic E-state index is 12.5. The third-order valence-electron chi connectivity index (χ3n) is 5.40. The molecule has 2 rings (SSSR count). The van der Waals surface area contributed by atoms with Crippen LogP contribution in [0.4, 0.5) is 0 Å². The van der Waals surface area contributed by atoms with Crippen molar-refractivity contribution in [2.45, 2.75) is 58.4 Å². The molecule has 0 aromatic heterocycles. The highest BCUT2D eigenvalue weighted by molar-refractivity contribution is 5.81. The first-order valence-electron chi connectivity index (χ1n) is 9.99. The van der Waals surface area contributed by atoms with E-state index in [4.69, 9.17) is 0 Å². The molecule has 0 aromatic carbocycles. The number of carbonyl (C=O) groups is 3. The third-order valence-corrected chi connectivity index (χ3v) is 5.40. The Bertz CT molecular complexity index is 491. The number of hydrogen-bond donors (Lipinski definition) is 3. The molecule has 0 radical (unpaired) electrons. The van der Waals surface area contributed by atoms with Crippen molar-refractivity contribution >= 4 is 17.7 Å². The molecule has 0 saturated carbocycles. The average Bonchev–Trinajstić information content (AvgIpc) is 2.64. The Morgan fingerprint density at radius 1 is 1.19 bits per heavy atom. The van der Waals surface area contributed by atoms with E-state index in [2.05, 4.69) is 16.0 Å². The van der Waals surface area contributed by atoms with E-state index in [1.807, 2.05) is 11.8 Å². The van der Waals surface area contributed by atoms with E-state index in [0.29, 0.717) is 25.4 Å². The van der Waals surface area contributed by atoms with E-state index in [9.17, 15) is 14.4 Å². The fourth-order valence-electron chi connectivity index (χ4n) is 3.87. The highest BCUT2D eigenvalue weighted by atomic mass is 16.2. The van der Waals surface area contributed by atoms with E-state index < -0.39 is 0 Å². The van der Waals surface area contributed by atoms with Crippen LogP contribution in [0.15, 0.2) is 0 Å². The molecule has 0 aliphatic carbocycles.